The van der Waals surface area contributed by atoms with Crippen LogP contribution in [0.4, 0.5) is 5.69 Å². The highest BCUT2D eigenvalue weighted by Gasteiger charge is 2.29. The smallest absolute Gasteiger partial charge is 0.240 e. The van der Waals surface area contributed by atoms with E-state index >= 15 is 0 Å². The molecule has 1 saturated heterocycles. The SMILES string of the molecule is C[C@@]1(Oc2ncncc2N)CCCNC1. The van der Waals surface area contributed by atoms with E-state index in [1.165, 1.54) is 6.33 Å². The third-order valence-electron chi connectivity index (χ3n) is 2.60. The first-order valence-electron chi connectivity index (χ1n) is 5.15. The topological polar surface area (TPSA) is 73.1 Å². The maximum Gasteiger partial charge on any atom is 0.240 e. The first-order valence-corrected chi connectivity index (χ1v) is 5.15. The van der Waals surface area contributed by atoms with E-state index in [0.717, 1.165) is 25.9 Å². The van der Waals surface area contributed by atoms with Gasteiger partial charge < -0.3 is 15.8 Å². The lowest BCUT2D eigenvalue weighted by Crippen LogP contribution is -2.47. The maximum atomic E-state index is 5.83. The molecule has 1 aliphatic rings. The van der Waals surface area contributed by atoms with Gasteiger partial charge in [0, 0.05) is 6.54 Å². The fourth-order valence-electron chi connectivity index (χ4n) is 1.76. The number of rotatable bonds is 2. The van der Waals surface area contributed by atoms with Crippen molar-refractivity contribution in [3.05, 3.63) is 12.5 Å². The second-order valence-corrected chi connectivity index (χ2v) is 4.12. The lowest BCUT2D eigenvalue weighted by molar-refractivity contribution is 0.0573. The highest BCUT2D eigenvalue weighted by atomic mass is 16.5. The van der Waals surface area contributed by atoms with Gasteiger partial charge in [0.1, 0.15) is 17.6 Å². The molecule has 1 aromatic rings. The summed E-state index contributed by atoms with van der Waals surface area (Å²) < 4.78 is 5.83. The third-order valence-corrected chi connectivity index (χ3v) is 2.60. The molecule has 0 spiro atoms. The van der Waals surface area contributed by atoms with E-state index in [-0.39, 0.29) is 5.60 Å². The van der Waals surface area contributed by atoms with Crippen molar-refractivity contribution < 1.29 is 4.74 Å². The Balaban J connectivity index is 2.10. The molecule has 0 amide bonds. The average Bonchev–Trinajstić information content (AvgIpc) is 2.22. The van der Waals surface area contributed by atoms with Crippen molar-refractivity contribution in [3.63, 3.8) is 0 Å². The molecular formula is C10H16N4O. The number of nitrogens with zero attached hydrogens (tertiary/aromatic N) is 2. The number of hydrogen-bond acceptors (Lipinski definition) is 5. The van der Waals surface area contributed by atoms with Gasteiger partial charge in [-0.25, -0.2) is 4.98 Å². The van der Waals surface area contributed by atoms with Crippen LogP contribution in [0, 0.1) is 0 Å². The largest absolute Gasteiger partial charge is 0.468 e. The lowest BCUT2D eigenvalue weighted by Gasteiger charge is -2.34. The quantitative estimate of drug-likeness (QED) is 0.743. The van der Waals surface area contributed by atoms with Gasteiger partial charge in [-0.1, -0.05) is 0 Å². The second-order valence-electron chi connectivity index (χ2n) is 4.12. The molecule has 3 N–H and O–H groups in total. The Hall–Kier alpha value is -1.36. The Morgan fingerprint density at radius 3 is 3.13 bits per heavy atom. The summed E-state index contributed by atoms with van der Waals surface area (Å²) >= 11 is 0. The molecule has 1 aromatic heterocycles. The van der Waals surface area contributed by atoms with Crippen molar-refractivity contribution in [1.29, 1.82) is 0 Å². The molecule has 82 valence electrons. The summed E-state index contributed by atoms with van der Waals surface area (Å²) in [5, 5.41) is 3.31. The third kappa shape index (κ3) is 2.36. The monoisotopic (exact) mass is 208 g/mol. The van der Waals surface area contributed by atoms with Crippen molar-refractivity contribution in [2.24, 2.45) is 0 Å². The van der Waals surface area contributed by atoms with Crippen molar-refractivity contribution in [2.75, 3.05) is 18.8 Å². The second kappa shape index (κ2) is 4.02. The lowest BCUT2D eigenvalue weighted by atomic mass is 9.96. The molecule has 1 atom stereocenters. The summed E-state index contributed by atoms with van der Waals surface area (Å²) in [6.07, 6.45) is 5.14. The van der Waals surface area contributed by atoms with Crippen LogP contribution < -0.4 is 15.8 Å². The maximum absolute atomic E-state index is 5.83. The molecule has 1 fully saturated rings. The Morgan fingerprint density at radius 2 is 2.47 bits per heavy atom. The van der Waals surface area contributed by atoms with Gasteiger partial charge in [-0.2, -0.15) is 4.98 Å². The summed E-state index contributed by atoms with van der Waals surface area (Å²) in [5.74, 6) is 0.483. The van der Waals surface area contributed by atoms with Gasteiger partial charge in [0.05, 0.1) is 6.20 Å². The molecular weight excluding hydrogens is 192 g/mol. The van der Waals surface area contributed by atoms with Gasteiger partial charge in [-0.3, -0.25) is 0 Å². The minimum absolute atomic E-state index is 0.208. The molecule has 0 bridgehead atoms. The van der Waals surface area contributed by atoms with Gasteiger partial charge in [-0.05, 0) is 26.3 Å². The van der Waals surface area contributed by atoms with E-state index in [9.17, 15) is 0 Å². The minimum Gasteiger partial charge on any atom is -0.468 e. The average molecular weight is 208 g/mol. The first-order chi connectivity index (χ1) is 7.20. The molecule has 5 nitrogen and oxygen atoms in total. The molecule has 2 rings (SSSR count). The molecule has 0 aliphatic carbocycles. The number of nitrogens with one attached hydrogen (secondary N) is 1. The Morgan fingerprint density at radius 1 is 1.60 bits per heavy atom. The number of hydrogen-bond donors (Lipinski definition) is 2. The summed E-state index contributed by atoms with van der Waals surface area (Å²) in [7, 11) is 0. The number of nitrogens with two attached hydrogens (primary N) is 1. The van der Waals surface area contributed by atoms with Crippen LogP contribution in [0.15, 0.2) is 12.5 Å². The first kappa shape index (κ1) is 10.2. The summed E-state index contributed by atoms with van der Waals surface area (Å²) in [4.78, 5) is 7.86. The highest BCUT2D eigenvalue weighted by Crippen LogP contribution is 2.25. The number of nitrogen functional groups attached to an aromatic ring is 1. The van der Waals surface area contributed by atoms with Crippen molar-refractivity contribution in [2.45, 2.75) is 25.4 Å². The van der Waals surface area contributed by atoms with E-state index in [1.54, 1.807) is 6.20 Å². The number of piperidine rings is 1. The Kier molecular flexibility index (Phi) is 2.73. The van der Waals surface area contributed by atoms with Gasteiger partial charge in [0.15, 0.2) is 0 Å². The van der Waals surface area contributed by atoms with Crippen molar-refractivity contribution >= 4 is 5.69 Å². The molecule has 0 radical (unpaired) electrons. The van der Waals surface area contributed by atoms with Gasteiger partial charge in [0.25, 0.3) is 0 Å². The minimum atomic E-state index is -0.208. The molecule has 0 saturated carbocycles. The van der Waals surface area contributed by atoms with E-state index in [2.05, 4.69) is 22.2 Å². The van der Waals surface area contributed by atoms with Crippen LogP contribution in [-0.2, 0) is 0 Å². The standard InChI is InChI=1S/C10H16N4O/c1-10(3-2-4-12-6-10)15-9-8(11)5-13-7-14-9/h5,7,12H,2-4,6,11H2,1H3/t10-/m1/s1. The van der Waals surface area contributed by atoms with E-state index < -0.39 is 0 Å². The zero-order chi connectivity index (χ0) is 10.7. The Bertz CT molecular complexity index is 336. The number of ether oxygens (including phenoxy) is 1. The molecule has 15 heavy (non-hydrogen) atoms. The van der Waals surface area contributed by atoms with Crippen molar-refractivity contribution in [1.82, 2.24) is 15.3 Å². The summed E-state index contributed by atoms with van der Waals surface area (Å²) in [5.41, 5.74) is 6.01. The normalized spacial score (nSPS) is 26.2. The van der Waals surface area contributed by atoms with E-state index in [4.69, 9.17) is 10.5 Å². The molecule has 0 unspecified atom stereocenters. The molecule has 1 aliphatic heterocycles. The predicted molar refractivity (Wildman–Crippen MR) is 57.6 cm³/mol. The predicted octanol–water partition coefficient (Wildman–Crippen LogP) is 0.580. The highest BCUT2D eigenvalue weighted by molar-refractivity contribution is 5.45. The number of anilines is 1. The van der Waals surface area contributed by atoms with E-state index in [0.29, 0.717) is 11.6 Å². The van der Waals surface area contributed by atoms with Gasteiger partial charge in [-0.15, -0.1) is 0 Å². The van der Waals surface area contributed by atoms with Gasteiger partial charge in [0.2, 0.25) is 5.88 Å². The number of aromatic nitrogens is 2. The fraction of sp³-hybridized carbons (Fsp3) is 0.600. The molecule has 5 heteroatoms. The van der Waals surface area contributed by atoms with Crippen LogP contribution in [0.1, 0.15) is 19.8 Å². The zero-order valence-electron chi connectivity index (χ0n) is 8.86. The summed E-state index contributed by atoms with van der Waals surface area (Å²) in [6, 6.07) is 0. The summed E-state index contributed by atoms with van der Waals surface area (Å²) in [6.45, 7) is 3.95. The van der Waals surface area contributed by atoms with Crippen LogP contribution in [0.5, 0.6) is 5.88 Å². The zero-order valence-corrected chi connectivity index (χ0v) is 8.86. The van der Waals surface area contributed by atoms with Crippen LogP contribution in [-0.4, -0.2) is 28.7 Å². The Labute approximate surface area is 89.1 Å². The molecule has 2 heterocycles. The van der Waals surface area contributed by atoms with Crippen LogP contribution in [0.2, 0.25) is 0 Å². The van der Waals surface area contributed by atoms with E-state index in [1.807, 2.05) is 0 Å². The van der Waals surface area contributed by atoms with Crippen LogP contribution >= 0.6 is 0 Å². The molecule has 0 aromatic carbocycles. The fourth-order valence-corrected chi connectivity index (χ4v) is 1.76. The van der Waals surface area contributed by atoms with Crippen LogP contribution in [0.3, 0.4) is 0 Å². The van der Waals surface area contributed by atoms with Gasteiger partial charge >= 0.3 is 0 Å². The van der Waals surface area contributed by atoms with Crippen molar-refractivity contribution in [3.8, 4) is 5.88 Å². The van der Waals surface area contributed by atoms with Crippen LogP contribution in [0.25, 0.3) is 0 Å².